The van der Waals surface area contributed by atoms with E-state index >= 15 is 0 Å². The van der Waals surface area contributed by atoms with Gasteiger partial charge in [-0.2, -0.15) is 0 Å². The van der Waals surface area contributed by atoms with Gasteiger partial charge in [0.15, 0.2) is 0 Å². The summed E-state index contributed by atoms with van der Waals surface area (Å²) >= 11 is 0. The third-order valence-corrected chi connectivity index (χ3v) is 15.9. The van der Waals surface area contributed by atoms with Gasteiger partial charge < -0.3 is 0 Å². The Kier molecular flexibility index (Phi) is 8.60. The van der Waals surface area contributed by atoms with Gasteiger partial charge in [0.05, 0.1) is 0 Å². The normalized spacial score (nSPS) is 24.1. The lowest BCUT2D eigenvalue weighted by atomic mass is 10.0. The van der Waals surface area contributed by atoms with Crippen molar-refractivity contribution in [2.45, 2.75) is 62.2 Å². The standard InChI is InChI=1S/C36H41NP2/c1-28(2)27-37(38-33(29-15-7-3-8-16-29)23-24-34(38)30-17-9-4-10-18-30)39-35(31-19-11-5-12-20-31)25-26-36(39)32-21-13-6-14-22-32/h3-22,28,33-36H,23-27H2,1-2H3/t33-,34-,35-,36-/m0/s1. The molecular weight excluding hydrogens is 508 g/mol. The molecule has 2 saturated heterocycles. The maximum Gasteiger partial charge on any atom is 0.0183 e. The minimum absolute atomic E-state index is 0.403. The van der Waals surface area contributed by atoms with Crippen molar-refractivity contribution in [3.63, 3.8) is 0 Å². The fourth-order valence-electron chi connectivity index (χ4n) is 6.85. The lowest BCUT2D eigenvalue weighted by molar-refractivity contribution is 0.527. The molecule has 0 N–H and O–H groups in total. The van der Waals surface area contributed by atoms with Gasteiger partial charge in [-0.15, -0.1) is 0 Å². The molecule has 200 valence electrons. The van der Waals surface area contributed by atoms with Crippen LogP contribution in [0.3, 0.4) is 0 Å². The second kappa shape index (κ2) is 12.5. The van der Waals surface area contributed by atoms with Gasteiger partial charge in [0.25, 0.3) is 0 Å². The van der Waals surface area contributed by atoms with Gasteiger partial charge in [-0.1, -0.05) is 135 Å². The van der Waals surface area contributed by atoms with Crippen LogP contribution in [0.1, 0.15) is 84.4 Å². The number of benzene rings is 4. The van der Waals surface area contributed by atoms with Crippen LogP contribution < -0.4 is 0 Å². The molecule has 1 nitrogen and oxygen atoms in total. The third-order valence-electron chi connectivity index (χ3n) is 8.50. The molecule has 6 rings (SSSR count). The van der Waals surface area contributed by atoms with Gasteiger partial charge >= 0.3 is 0 Å². The summed E-state index contributed by atoms with van der Waals surface area (Å²) < 4.78 is 3.17. The Bertz CT molecular complexity index is 1100. The average Bonchev–Trinajstić information content (AvgIpc) is 3.63. The summed E-state index contributed by atoms with van der Waals surface area (Å²) in [7, 11) is -0.807. The first-order valence-corrected chi connectivity index (χ1v) is 17.6. The monoisotopic (exact) mass is 549 g/mol. The van der Waals surface area contributed by atoms with E-state index in [2.05, 4.69) is 140 Å². The Morgan fingerprint density at radius 2 is 0.744 bits per heavy atom. The molecule has 0 spiro atoms. The SMILES string of the molecule is CC(C)CN(P1[C@H](c2ccccc2)CC[C@H]1c1ccccc1)P1[C@H](c2ccccc2)CC[C@H]1c1ccccc1. The minimum atomic E-state index is -0.403. The summed E-state index contributed by atoms with van der Waals surface area (Å²) in [6.45, 7) is 6.07. The molecule has 3 heteroatoms. The Morgan fingerprint density at radius 1 is 0.487 bits per heavy atom. The molecule has 4 atom stereocenters. The maximum atomic E-state index is 3.17. The van der Waals surface area contributed by atoms with Crippen molar-refractivity contribution in [1.82, 2.24) is 4.44 Å². The molecule has 0 bridgehead atoms. The lowest BCUT2D eigenvalue weighted by Gasteiger charge is -2.46. The van der Waals surface area contributed by atoms with Crippen LogP contribution in [-0.2, 0) is 0 Å². The molecular formula is C36H41NP2. The van der Waals surface area contributed by atoms with Gasteiger partial charge in [0.1, 0.15) is 0 Å². The summed E-state index contributed by atoms with van der Waals surface area (Å²) in [5.74, 6) is 0.636. The van der Waals surface area contributed by atoms with Gasteiger partial charge in [-0.05, 0) is 70.0 Å². The molecule has 0 aromatic heterocycles. The van der Waals surface area contributed by atoms with Crippen LogP contribution in [0.2, 0.25) is 0 Å². The first-order chi connectivity index (χ1) is 19.2. The van der Waals surface area contributed by atoms with Gasteiger partial charge in [0.2, 0.25) is 0 Å². The van der Waals surface area contributed by atoms with Crippen LogP contribution >= 0.6 is 16.1 Å². The zero-order chi connectivity index (χ0) is 26.6. The highest BCUT2D eigenvalue weighted by atomic mass is 31.2. The highest BCUT2D eigenvalue weighted by Crippen LogP contribution is 2.83. The smallest absolute Gasteiger partial charge is 0.0183 e. The average molecular weight is 550 g/mol. The fraction of sp³-hybridized carbons (Fsp3) is 0.333. The van der Waals surface area contributed by atoms with Crippen LogP contribution in [0.5, 0.6) is 0 Å². The molecule has 2 fully saturated rings. The largest absolute Gasteiger partial charge is 0.257 e. The van der Waals surface area contributed by atoms with Gasteiger partial charge in [-0.3, -0.25) is 4.44 Å². The predicted octanol–water partition coefficient (Wildman–Crippen LogP) is 11.3. The molecule has 0 aliphatic carbocycles. The number of nitrogens with zero attached hydrogens (tertiary/aromatic N) is 1. The zero-order valence-corrected chi connectivity index (χ0v) is 25.1. The molecule has 0 unspecified atom stereocenters. The first kappa shape index (κ1) is 26.9. The van der Waals surface area contributed by atoms with E-state index in [9.17, 15) is 0 Å². The summed E-state index contributed by atoms with van der Waals surface area (Å²) in [4.78, 5) is 0. The molecule has 39 heavy (non-hydrogen) atoms. The Labute approximate surface area is 238 Å². The summed E-state index contributed by atoms with van der Waals surface area (Å²) in [6.07, 6.45) is 5.16. The van der Waals surface area contributed by atoms with E-state index in [0.29, 0.717) is 28.6 Å². The molecule has 2 heterocycles. The molecule has 2 aliphatic heterocycles. The predicted molar refractivity (Wildman–Crippen MR) is 171 cm³/mol. The zero-order valence-electron chi connectivity index (χ0n) is 23.3. The Hall–Kier alpha value is -2.30. The minimum Gasteiger partial charge on any atom is -0.257 e. The lowest BCUT2D eigenvalue weighted by Crippen LogP contribution is -2.23. The van der Waals surface area contributed by atoms with Crippen molar-refractivity contribution in [2.24, 2.45) is 5.92 Å². The summed E-state index contributed by atoms with van der Waals surface area (Å²) in [5.41, 5.74) is 8.72. The van der Waals surface area contributed by atoms with E-state index in [-0.39, 0.29) is 0 Å². The van der Waals surface area contributed by atoms with Crippen molar-refractivity contribution >= 4 is 16.1 Å². The van der Waals surface area contributed by atoms with Crippen LogP contribution in [0, 0.1) is 5.92 Å². The summed E-state index contributed by atoms with van der Waals surface area (Å²) in [6, 6.07) is 46.0. The Balaban J connectivity index is 1.50. The van der Waals surface area contributed by atoms with E-state index in [1.807, 2.05) is 0 Å². The number of hydrogen-bond donors (Lipinski definition) is 0. The van der Waals surface area contributed by atoms with E-state index in [0.717, 1.165) is 0 Å². The van der Waals surface area contributed by atoms with E-state index in [4.69, 9.17) is 0 Å². The summed E-state index contributed by atoms with van der Waals surface area (Å²) in [5, 5.41) is 0. The molecule has 2 aliphatic rings. The number of hydrogen-bond acceptors (Lipinski definition) is 1. The number of rotatable bonds is 8. The topological polar surface area (TPSA) is 3.24 Å². The van der Waals surface area contributed by atoms with Crippen molar-refractivity contribution < 1.29 is 0 Å². The molecule has 0 saturated carbocycles. The van der Waals surface area contributed by atoms with Crippen molar-refractivity contribution in [3.8, 4) is 0 Å². The molecule has 4 aromatic rings. The van der Waals surface area contributed by atoms with E-state index in [1.54, 1.807) is 22.3 Å². The highest BCUT2D eigenvalue weighted by molar-refractivity contribution is 7.71. The Morgan fingerprint density at radius 3 is 0.974 bits per heavy atom. The van der Waals surface area contributed by atoms with Crippen LogP contribution in [0.4, 0.5) is 0 Å². The van der Waals surface area contributed by atoms with Crippen LogP contribution in [0.15, 0.2) is 121 Å². The fourth-order valence-corrected chi connectivity index (χ4v) is 16.1. The van der Waals surface area contributed by atoms with Crippen molar-refractivity contribution in [2.75, 3.05) is 6.54 Å². The molecule has 0 amide bonds. The maximum absolute atomic E-state index is 3.17. The first-order valence-electron chi connectivity index (χ1n) is 14.7. The molecule has 0 radical (unpaired) electrons. The van der Waals surface area contributed by atoms with Gasteiger partial charge in [-0.25, -0.2) is 0 Å². The van der Waals surface area contributed by atoms with Crippen LogP contribution in [-0.4, -0.2) is 11.0 Å². The van der Waals surface area contributed by atoms with E-state index in [1.165, 1.54) is 32.2 Å². The van der Waals surface area contributed by atoms with Gasteiger partial charge in [0, 0.05) is 29.2 Å². The third kappa shape index (κ3) is 5.79. The van der Waals surface area contributed by atoms with Crippen molar-refractivity contribution in [1.29, 1.82) is 0 Å². The second-order valence-corrected chi connectivity index (χ2v) is 16.9. The molecule has 4 aromatic carbocycles. The quantitative estimate of drug-likeness (QED) is 0.198. The second-order valence-electron chi connectivity index (χ2n) is 11.6. The van der Waals surface area contributed by atoms with E-state index < -0.39 is 16.1 Å². The van der Waals surface area contributed by atoms with Crippen molar-refractivity contribution in [3.05, 3.63) is 144 Å². The highest BCUT2D eigenvalue weighted by Gasteiger charge is 2.49. The van der Waals surface area contributed by atoms with Crippen LogP contribution in [0.25, 0.3) is 0 Å².